The number of carbonyl (C=O) groups excluding carboxylic acids is 6. The summed E-state index contributed by atoms with van der Waals surface area (Å²) >= 11 is 0. The Morgan fingerprint density at radius 1 is 0.375 bits per heavy atom. The van der Waals surface area contributed by atoms with Gasteiger partial charge in [0.1, 0.15) is 30.5 Å². The lowest BCUT2D eigenvalue weighted by Crippen LogP contribution is -2.45. The molecular formula is C42H70N6O16. The highest BCUT2D eigenvalue weighted by atomic mass is 16.4. The Labute approximate surface area is 373 Å². The molecule has 0 saturated carbocycles. The summed E-state index contributed by atoms with van der Waals surface area (Å²) in [4.78, 5) is 130. The lowest BCUT2D eigenvalue weighted by Gasteiger charge is -2.18. The first-order valence-corrected chi connectivity index (χ1v) is 22.1. The summed E-state index contributed by atoms with van der Waals surface area (Å²) in [6, 6.07) is -6.72. The summed E-state index contributed by atoms with van der Waals surface area (Å²) in [5, 5.41) is 58.4. The fourth-order valence-corrected chi connectivity index (χ4v) is 6.42. The largest absolute Gasteiger partial charge is 0.481 e. The minimum absolute atomic E-state index is 0.0911. The number of carbonyl (C=O) groups is 11. The Bertz CT molecular complexity index is 1510. The smallest absolute Gasteiger partial charge is 0.326 e. The first-order chi connectivity index (χ1) is 30.4. The van der Waals surface area contributed by atoms with Crippen LogP contribution in [-0.4, -0.2) is 128 Å². The summed E-state index contributed by atoms with van der Waals surface area (Å²) in [7, 11) is 0. The zero-order valence-electron chi connectivity index (χ0n) is 36.7. The maximum atomic E-state index is 12.6. The van der Waals surface area contributed by atoms with Gasteiger partial charge in [-0.2, -0.15) is 0 Å². The molecule has 0 bridgehead atoms. The molecule has 12 N–H and O–H groups in total. The molecular weight excluding hydrogens is 844 g/mol. The van der Waals surface area contributed by atoms with Gasteiger partial charge in [-0.15, -0.1) is 0 Å². The van der Waals surface area contributed by atoms with Crippen LogP contribution in [0.2, 0.25) is 0 Å². The lowest BCUT2D eigenvalue weighted by molar-refractivity contribution is -0.144. The van der Waals surface area contributed by atoms with Crippen molar-refractivity contribution in [3.8, 4) is 0 Å². The molecule has 0 radical (unpaired) electrons. The van der Waals surface area contributed by atoms with Gasteiger partial charge < -0.3 is 62.6 Å². The van der Waals surface area contributed by atoms with E-state index in [2.05, 4.69) is 26.6 Å². The Balaban J connectivity index is 4.61. The van der Waals surface area contributed by atoms with E-state index in [1.54, 1.807) is 0 Å². The molecule has 64 heavy (non-hydrogen) atoms. The van der Waals surface area contributed by atoms with Crippen LogP contribution in [0.15, 0.2) is 0 Å². The van der Waals surface area contributed by atoms with E-state index in [-0.39, 0.29) is 38.6 Å². The van der Waals surface area contributed by atoms with Gasteiger partial charge in [0, 0.05) is 45.1 Å². The van der Waals surface area contributed by atoms with E-state index < -0.39 is 122 Å². The van der Waals surface area contributed by atoms with E-state index in [1.165, 1.54) is 0 Å². The van der Waals surface area contributed by atoms with Crippen LogP contribution in [0.5, 0.6) is 0 Å². The molecule has 0 heterocycles. The van der Waals surface area contributed by atoms with Gasteiger partial charge in [-0.25, -0.2) is 19.2 Å². The Morgan fingerprint density at radius 2 is 0.672 bits per heavy atom. The first kappa shape index (κ1) is 58.3. The summed E-state index contributed by atoms with van der Waals surface area (Å²) in [5.41, 5.74) is 5.49. The number of aliphatic carboxylic acids is 5. The van der Waals surface area contributed by atoms with E-state index in [0.29, 0.717) is 38.4 Å². The molecule has 364 valence electrons. The van der Waals surface area contributed by atoms with Gasteiger partial charge in [0.15, 0.2) is 0 Å². The molecule has 22 heteroatoms. The highest BCUT2D eigenvalue weighted by Gasteiger charge is 2.27. The standard InChI is InChI=1S/C42H70N6O16/c43-28(27-49)15-13-14-26-44-33(50)22-18-29(39(57)58)46-35(52)24-20-31(41(61)62)48-37(54)25-21-32(42(63)64)47-36(53)23-19-30(40(59)60)45-34(51)16-11-9-7-5-3-1-2-4-6-8-10-12-17-38(55)56/h27-32H,1-26,43H2,(H,44,50)(H,45,51)(H,46,52)(H,47,53)(H,48,54)(H,55,56)(H,57,58)(H,59,60)(H,61,62)(H,63,64)/t28-,29-,30-,31-,32-/m0/s1. The number of carboxylic acids is 5. The lowest BCUT2D eigenvalue weighted by atomic mass is 10.0. The number of hydrogen-bond acceptors (Lipinski definition) is 12. The predicted molar refractivity (Wildman–Crippen MR) is 228 cm³/mol. The number of nitrogens with one attached hydrogen (secondary N) is 5. The molecule has 22 nitrogen and oxygen atoms in total. The van der Waals surface area contributed by atoms with Gasteiger partial charge in [-0.3, -0.25) is 28.8 Å². The van der Waals surface area contributed by atoms with Crippen molar-refractivity contribution in [2.24, 2.45) is 5.73 Å². The Kier molecular flexibility index (Phi) is 32.6. The quantitative estimate of drug-likeness (QED) is 0.0307. The topological polar surface area (TPSA) is 375 Å². The van der Waals surface area contributed by atoms with Crippen LogP contribution in [0, 0.1) is 0 Å². The maximum absolute atomic E-state index is 12.6. The van der Waals surface area contributed by atoms with Crippen molar-refractivity contribution in [3.05, 3.63) is 0 Å². The van der Waals surface area contributed by atoms with Crippen molar-refractivity contribution < 1.29 is 78.3 Å². The van der Waals surface area contributed by atoms with Crippen LogP contribution in [0.3, 0.4) is 0 Å². The highest BCUT2D eigenvalue weighted by molar-refractivity contribution is 5.88. The number of nitrogens with two attached hydrogens (primary N) is 1. The van der Waals surface area contributed by atoms with Crippen molar-refractivity contribution in [1.29, 1.82) is 0 Å². The fraction of sp³-hybridized carbons (Fsp3) is 0.738. The number of unbranched alkanes of at least 4 members (excludes halogenated alkanes) is 12. The summed E-state index contributed by atoms with van der Waals surface area (Å²) in [5.74, 6) is -10.3. The maximum Gasteiger partial charge on any atom is 0.326 e. The molecule has 0 rings (SSSR count). The molecule has 0 aliphatic rings. The highest BCUT2D eigenvalue weighted by Crippen LogP contribution is 2.14. The molecule has 0 aliphatic carbocycles. The summed E-state index contributed by atoms with van der Waals surface area (Å²) in [6.45, 7) is 0.270. The fourth-order valence-electron chi connectivity index (χ4n) is 6.42. The van der Waals surface area contributed by atoms with E-state index >= 15 is 0 Å². The molecule has 5 amide bonds. The van der Waals surface area contributed by atoms with Crippen LogP contribution >= 0.6 is 0 Å². The van der Waals surface area contributed by atoms with Gasteiger partial charge >= 0.3 is 29.8 Å². The third-order valence-corrected chi connectivity index (χ3v) is 10.2. The first-order valence-electron chi connectivity index (χ1n) is 22.1. The zero-order valence-corrected chi connectivity index (χ0v) is 36.7. The van der Waals surface area contributed by atoms with Crippen molar-refractivity contribution in [2.75, 3.05) is 6.54 Å². The third kappa shape index (κ3) is 32.1. The number of rotatable bonds is 41. The van der Waals surface area contributed by atoms with Crippen LogP contribution < -0.4 is 32.3 Å². The minimum atomic E-state index is -1.63. The van der Waals surface area contributed by atoms with Crippen LogP contribution in [0.1, 0.15) is 161 Å². The molecule has 5 atom stereocenters. The minimum Gasteiger partial charge on any atom is -0.481 e. The summed E-state index contributed by atoms with van der Waals surface area (Å²) in [6.07, 6.45) is 10.5. The molecule has 0 aromatic carbocycles. The van der Waals surface area contributed by atoms with Crippen LogP contribution in [0.4, 0.5) is 0 Å². The van der Waals surface area contributed by atoms with Crippen molar-refractivity contribution in [1.82, 2.24) is 26.6 Å². The number of amides is 5. The second kappa shape index (κ2) is 35.8. The molecule has 0 saturated heterocycles. The third-order valence-electron chi connectivity index (χ3n) is 10.2. The van der Waals surface area contributed by atoms with Gasteiger partial charge in [0.2, 0.25) is 29.5 Å². The van der Waals surface area contributed by atoms with Crippen molar-refractivity contribution in [2.45, 2.75) is 191 Å². The predicted octanol–water partition coefficient (Wildman–Crippen LogP) is 1.74. The van der Waals surface area contributed by atoms with Crippen LogP contribution in [0.25, 0.3) is 0 Å². The van der Waals surface area contributed by atoms with Gasteiger partial charge in [0.25, 0.3) is 0 Å². The molecule has 0 unspecified atom stereocenters. The molecule has 0 aromatic heterocycles. The van der Waals surface area contributed by atoms with Crippen molar-refractivity contribution in [3.63, 3.8) is 0 Å². The number of carboxylic acid groups (broad SMARTS) is 5. The average molecular weight is 915 g/mol. The number of aldehydes is 1. The summed E-state index contributed by atoms with van der Waals surface area (Å²) < 4.78 is 0. The Morgan fingerprint density at radius 3 is 0.984 bits per heavy atom. The Hall–Kier alpha value is -5.67. The van der Waals surface area contributed by atoms with E-state index in [4.69, 9.17) is 10.8 Å². The second-order valence-electron chi connectivity index (χ2n) is 15.8. The van der Waals surface area contributed by atoms with E-state index in [9.17, 15) is 73.2 Å². The monoisotopic (exact) mass is 914 g/mol. The van der Waals surface area contributed by atoms with E-state index in [0.717, 1.165) is 64.2 Å². The van der Waals surface area contributed by atoms with Gasteiger partial charge in [-0.1, -0.05) is 64.2 Å². The van der Waals surface area contributed by atoms with Crippen molar-refractivity contribution >= 4 is 65.7 Å². The van der Waals surface area contributed by atoms with Gasteiger partial charge in [-0.05, 0) is 57.8 Å². The molecule has 0 fully saturated rings. The van der Waals surface area contributed by atoms with Gasteiger partial charge in [0.05, 0.1) is 6.04 Å². The number of hydrogen-bond donors (Lipinski definition) is 11. The second-order valence-corrected chi connectivity index (χ2v) is 15.8. The normalized spacial score (nSPS) is 13.2. The molecule has 0 aromatic rings. The molecule has 0 aliphatic heterocycles. The SMILES string of the molecule is N[C@H](C=O)CCCCNC(=O)CC[C@H](NC(=O)CC[C@H](NC(=O)CC[C@H](NC(=O)CC[C@H](NC(=O)CCCCCCCCCCCCCCC(=O)O)C(=O)O)C(=O)O)C(=O)O)C(=O)O. The van der Waals surface area contributed by atoms with E-state index in [1.807, 2.05) is 0 Å². The average Bonchev–Trinajstić information content (AvgIpc) is 3.23. The van der Waals surface area contributed by atoms with Crippen LogP contribution in [-0.2, 0) is 52.7 Å². The zero-order chi connectivity index (χ0) is 48.3. The molecule has 0 spiro atoms.